The van der Waals surface area contributed by atoms with Crippen molar-refractivity contribution in [1.29, 1.82) is 0 Å². The van der Waals surface area contributed by atoms with Crippen LogP contribution in [0.1, 0.15) is 30.5 Å². The van der Waals surface area contributed by atoms with E-state index in [-0.39, 0.29) is 6.03 Å². The number of nitrogens with zero attached hydrogens (tertiary/aromatic N) is 6. The Balaban J connectivity index is 1.30. The van der Waals surface area contributed by atoms with Crippen LogP contribution in [0.4, 0.5) is 4.79 Å². The number of piperazine rings is 1. The van der Waals surface area contributed by atoms with Crippen molar-refractivity contribution in [3.05, 3.63) is 11.9 Å². The monoisotopic (exact) mass is 290 g/mol. The van der Waals surface area contributed by atoms with E-state index in [2.05, 4.69) is 28.5 Å². The number of urea groups is 1. The van der Waals surface area contributed by atoms with E-state index in [1.165, 1.54) is 12.8 Å². The van der Waals surface area contributed by atoms with Crippen LogP contribution in [-0.2, 0) is 0 Å². The molecule has 3 fully saturated rings. The minimum atomic E-state index is 0.182. The van der Waals surface area contributed by atoms with Crippen LogP contribution in [0.2, 0.25) is 0 Å². The van der Waals surface area contributed by atoms with E-state index in [1.807, 2.05) is 14.5 Å². The lowest BCUT2D eigenvalue weighted by Gasteiger charge is -2.43. The van der Waals surface area contributed by atoms with Gasteiger partial charge in [-0.1, -0.05) is 5.21 Å². The van der Waals surface area contributed by atoms with Crippen molar-refractivity contribution in [3.63, 3.8) is 0 Å². The molecule has 0 N–H and O–H groups in total. The zero-order valence-corrected chi connectivity index (χ0v) is 12.5. The summed E-state index contributed by atoms with van der Waals surface area (Å²) in [4.78, 5) is 18.5. The molecule has 3 heterocycles. The van der Waals surface area contributed by atoms with E-state index < -0.39 is 0 Å². The molecule has 0 spiro atoms. The third-order valence-electron chi connectivity index (χ3n) is 4.80. The summed E-state index contributed by atoms with van der Waals surface area (Å²) < 4.78 is 1.95. The zero-order chi connectivity index (χ0) is 14.4. The van der Waals surface area contributed by atoms with Gasteiger partial charge in [-0.3, -0.25) is 0 Å². The van der Waals surface area contributed by atoms with Crippen LogP contribution in [0.5, 0.6) is 0 Å². The summed E-state index contributed by atoms with van der Waals surface area (Å²) in [5, 5.41) is 8.47. The normalized spacial score (nSPS) is 24.2. The summed E-state index contributed by atoms with van der Waals surface area (Å²) in [6.07, 6.45) is 4.56. The van der Waals surface area contributed by atoms with Crippen LogP contribution < -0.4 is 0 Å². The largest absolute Gasteiger partial charge is 0.322 e. The fourth-order valence-corrected chi connectivity index (χ4v) is 3.01. The van der Waals surface area contributed by atoms with Crippen molar-refractivity contribution < 1.29 is 4.79 Å². The second-order valence-electron chi connectivity index (χ2n) is 6.53. The summed E-state index contributed by atoms with van der Waals surface area (Å²) in [6, 6.07) is 0.489. The molecule has 4 rings (SSSR count). The van der Waals surface area contributed by atoms with Gasteiger partial charge >= 0.3 is 6.03 Å². The smallest absolute Gasteiger partial charge is 0.320 e. The zero-order valence-electron chi connectivity index (χ0n) is 12.5. The molecular formula is C14H22N6O. The maximum Gasteiger partial charge on any atom is 0.320 e. The quantitative estimate of drug-likeness (QED) is 0.790. The Morgan fingerprint density at radius 2 is 1.86 bits per heavy atom. The first kappa shape index (κ1) is 13.1. The lowest BCUT2D eigenvalue weighted by atomic mass is 10.1. The summed E-state index contributed by atoms with van der Waals surface area (Å²) in [5.41, 5.74) is 1.12. The molecule has 1 saturated carbocycles. The lowest BCUT2D eigenvalue weighted by molar-refractivity contribution is 0.0747. The number of carbonyl (C=O) groups is 1. The molecule has 1 aromatic rings. The molecule has 2 saturated heterocycles. The van der Waals surface area contributed by atoms with Crippen molar-refractivity contribution in [2.75, 3.05) is 46.3 Å². The fraction of sp³-hybridized carbons (Fsp3) is 0.786. The Kier molecular flexibility index (Phi) is 3.10. The molecule has 3 aliphatic rings. The number of aromatic nitrogens is 3. The lowest BCUT2D eigenvalue weighted by Crippen LogP contribution is -2.58. The Hall–Kier alpha value is -1.63. The van der Waals surface area contributed by atoms with Crippen molar-refractivity contribution in [2.24, 2.45) is 0 Å². The number of rotatable bonds is 2. The summed E-state index contributed by atoms with van der Waals surface area (Å²) in [6.45, 7) is 5.14. The number of hydrogen-bond acceptors (Lipinski definition) is 4. The van der Waals surface area contributed by atoms with Gasteiger partial charge in [0.25, 0.3) is 0 Å². The molecule has 0 atom stereocenters. The number of amides is 2. The van der Waals surface area contributed by atoms with Gasteiger partial charge in [0, 0.05) is 51.4 Å². The first-order valence-electron chi connectivity index (χ1n) is 7.85. The van der Waals surface area contributed by atoms with Crippen LogP contribution in [0.25, 0.3) is 0 Å². The number of hydrogen-bond donors (Lipinski definition) is 0. The minimum Gasteiger partial charge on any atom is -0.322 e. The Morgan fingerprint density at radius 1 is 1.14 bits per heavy atom. The second kappa shape index (κ2) is 4.98. The number of likely N-dealkylation sites (tertiary alicyclic amines) is 1. The van der Waals surface area contributed by atoms with Crippen molar-refractivity contribution >= 4 is 6.03 Å². The van der Waals surface area contributed by atoms with E-state index >= 15 is 0 Å². The van der Waals surface area contributed by atoms with Gasteiger partial charge in [0.1, 0.15) is 0 Å². The van der Waals surface area contributed by atoms with Gasteiger partial charge < -0.3 is 14.7 Å². The molecule has 7 nitrogen and oxygen atoms in total. The van der Waals surface area contributed by atoms with Crippen LogP contribution in [0, 0.1) is 0 Å². The van der Waals surface area contributed by atoms with E-state index in [4.69, 9.17) is 0 Å². The van der Waals surface area contributed by atoms with Crippen LogP contribution >= 0.6 is 0 Å². The van der Waals surface area contributed by atoms with E-state index in [0.29, 0.717) is 12.0 Å². The highest BCUT2D eigenvalue weighted by atomic mass is 16.2. The van der Waals surface area contributed by atoms with Crippen molar-refractivity contribution in [2.45, 2.75) is 24.8 Å². The average molecular weight is 290 g/mol. The van der Waals surface area contributed by atoms with Gasteiger partial charge in [-0.05, 0) is 19.9 Å². The van der Waals surface area contributed by atoms with Crippen molar-refractivity contribution in [1.82, 2.24) is 29.7 Å². The van der Waals surface area contributed by atoms with Gasteiger partial charge in [0.2, 0.25) is 0 Å². The SMILES string of the molecule is CN1CCN(C(=O)N2CC(n3cc(C4CC4)nn3)C2)CC1. The fourth-order valence-electron chi connectivity index (χ4n) is 3.01. The standard InChI is InChI=1S/C14H22N6O/c1-17-4-6-18(7-5-17)14(21)19-8-12(9-19)20-10-13(15-16-20)11-2-3-11/h10-12H,2-9H2,1H3. The number of carbonyl (C=O) groups excluding carboxylic acids is 1. The maximum atomic E-state index is 12.4. The highest BCUT2D eigenvalue weighted by Gasteiger charge is 2.36. The molecule has 0 aromatic carbocycles. The van der Waals surface area contributed by atoms with E-state index in [1.54, 1.807) is 0 Å². The molecule has 0 unspecified atom stereocenters. The Bertz CT molecular complexity index is 525. The number of likely N-dealkylation sites (N-methyl/N-ethyl adjacent to an activating group) is 1. The van der Waals surface area contributed by atoms with Crippen LogP contribution in [0.3, 0.4) is 0 Å². The maximum absolute atomic E-state index is 12.4. The highest BCUT2D eigenvalue weighted by molar-refractivity contribution is 5.75. The molecule has 0 radical (unpaired) electrons. The summed E-state index contributed by atoms with van der Waals surface area (Å²) >= 11 is 0. The second-order valence-corrected chi connectivity index (χ2v) is 6.53. The van der Waals surface area contributed by atoms with Gasteiger partial charge in [-0.25, -0.2) is 9.48 Å². The first-order chi connectivity index (χ1) is 10.2. The van der Waals surface area contributed by atoms with Crippen LogP contribution in [0.15, 0.2) is 6.20 Å². The summed E-state index contributed by atoms with van der Waals surface area (Å²) in [7, 11) is 2.10. The molecule has 7 heteroatoms. The first-order valence-corrected chi connectivity index (χ1v) is 7.85. The molecule has 114 valence electrons. The van der Waals surface area contributed by atoms with E-state index in [9.17, 15) is 4.79 Å². The van der Waals surface area contributed by atoms with Crippen molar-refractivity contribution in [3.8, 4) is 0 Å². The molecule has 1 aromatic heterocycles. The van der Waals surface area contributed by atoms with Gasteiger partial charge in [-0.2, -0.15) is 0 Å². The minimum absolute atomic E-state index is 0.182. The third-order valence-corrected chi connectivity index (χ3v) is 4.80. The van der Waals surface area contributed by atoms with Gasteiger partial charge in [0.15, 0.2) is 0 Å². The van der Waals surface area contributed by atoms with Gasteiger partial charge in [0.05, 0.1) is 11.7 Å². The molecule has 21 heavy (non-hydrogen) atoms. The van der Waals surface area contributed by atoms with E-state index in [0.717, 1.165) is 45.0 Å². The predicted molar refractivity (Wildman–Crippen MR) is 77.1 cm³/mol. The molecular weight excluding hydrogens is 268 g/mol. The van der Waals surface area contributed by atoms with Crippen LogP contribution in [-0.4, -0.2) is 82.0 Å². The molecule has 2 amide bonds. The topological polar surface area (TPSA) is 57.5 Å². The van der Waals surface area contributed by atoms with Gasteiger partial charge in [-0.15, -0.1) is 5.10 Å². The highest BCUT2D eigenvalue weighted by Crippen LogP contribution is 2.39. The summed E-state index contributed by atoms with van der Waals surface area (Å²) in [5.74, 6) is 0.641. The predicted octanol–water partition coefficient (Wildman–Crippen LogP) is 0.380. The molecule has 1 aliphatic carbocycles. The Labute approximate surface area is 124 Å². The molecule has 0 bridgehead atoms. The third kappa shape index (κ3) is 2.50. The Morgan fingerprint density at radius 3 is 2.52 bits per heavy atom. The molecule has 2 aliphatic heterocycles. The average Bonchev–Trinajstić information content (AvgIpc) is 3.18.